The van der Waals surface area contributed by atoms with E-state index in [4.69, 9.17) is 5.73 Å². The topological polar surface area (TPSA) is 92.5 Å². The van der Waals surface area contributed by atoms with Crippen molar-refractivity contribution < 1.29 is 22.0 Å². The average Bonchev–Trinajstić information content (AvgIpc) is 2.54. The maximum atomic E-state index is 13.8. The highest BCUT2D eigenvalue weighted by Gasteiger charge is 2.34. The normalized spacial score (nSPS) is 19.5. The van der Waals surface area contributed by atoms with Crippen LogP contribution in [0.3, 0.4) is 0 Å². The molecule has 1 atom stereocenters. The van der Waals surface area contributed by atoms with Crippen molar-refractivity contribution >= 4 is 15.9 Å². The minimum atomic E-state index is -4.19. The van der Waals surface area contributed by atoms with Gasteiger partial charge in [-0.1, -0.05) is 0 Å². The number of carbonyl (C=O) groups is 1. The Morgan fingerprint density at radius 2 is 2.13 bits per heavy atom. The highest BCUT2D eigenvalue weighted by molar-refractivity contribution is 7.89. The molecule has 6 nitrogen and oxygen atoms in total. The van der Waals surface area contributed by atoms with Crippen molar-refractivity contribution in [2.75, 3.05) is 26.2 Å². The Labute approximate surface area is 133 Å². The highest BCUT2D eigenvalue weighted by atomic mass is 32.2. The molecule has 0 bridgehead atoms. The van der Waals surface area contributed by atoms with E-state index in [1.165, 1.54) is 0 Å². The number of nitrogens with two attached hydrogens (primary N) is 1. The quantitative estimate of drug-likeness (QED) is 0.808. The van der Waals surface area contributed by atoms with E-state index >= 15 is 0 Å². The zero-order valence-electron chi connectivity index (χ0n) is 12.5. The zero-order valence-corrected chi connectivity index (χ0v) is 13.3. The Morgan fingerprint density at radius 1 is 1.39 bits per heavy atom. The second-order valence-electron chi connectivity index (χ2n) is 5.36. The molecule has 1 aliphatic heterocycles. The van der Waals surface area contributed by atoms with Crippen molar-refractivity contribution in [2.24, 2.45) is 11.7 Å². The molecule has 1 aromatic carbocycles. The van der Waals surface area contributed by atoms with E-state index in [0.717, 1.165) is 16.4 Å². The number of piperidine rings is 1. The summed E-state index contributed by atoms with van der Waals surface area (Å²) in [6.45, 7) is 0.698. The van der Waals surface area contributed by atoms with Gasteiger partial charge in [0.1, 0.15) is 16.5 Å². The summed E-state index contributed by atoms with van der Waals surface area (Å²) < 4.78 is 53.1. The largest absolute Gasteiger partial charge is 0.355 e. The third-order valence-corrected chi connectivity index (χ3v) is 5.59. The van der Waals surface area contributed by atoms with Crippen molar-refractivity contribution in [1.29, 1.82) is 0 Å². The van der Waals surface area contributed by atoms with Gasteiger partial charge >= 0.3 is 0 Å². The van der Waals surface area contributed by atoms with E-state index in [1.54, 1.807) is 0 Å². The fraction of sp³-hybridized carbons (Fsp3) is 0.500. The van der Waals surface area contributed by atoms with E-state index in [2.05, 4.69) is 5.32 Å². The molecule has 9 heteroatoms. The van der Waals surface area contributed by atoms with Gasteiger partial charge in [0.05, 0.1) is 5.92 Å². The van der Waals surface area contributed by atoms with Crippen molar-refractivity contribution in [3.05, 3.63) is 29.8 Å². The van der Waals surface area contributed by atoms with E-state index < -0.39 is 32.5 Å². The lowest BCUT2D eigenvalue weighted by atomic mass is 9.99. The minimum absolute atomic E-state index is 0.0608. The molecule has 1 fully saturated rings. The highest BCUT2D eigenvalue weighted by Crippen LogP contribution is 2.26. The summed E-state index contributed by atoms with van der Waals surface area (Å²) in [7, 11) is -4.19. The Kier molecular flexibility index (Phi) is 5.66. The Balaban J connectivity index is 2.19. The summed E-state index contributed by atoms with van der Waals surface area (Å²) in [5.41, 5.74) is 5.31. The first-order valence-electron chi connectivity index (χ1n) is 7.29. The van der Waals surface area contributed by atoms with Crippen molar-refractivity contribution in [3.63, 3.8) is 0 Å². The third kappa shape index (κ3) is 4.04. The number of benzene rings is 1. The summed E-state index contributed by atoms with van der Waals surface area (Å²) in [5.74, 6) is -2.66. The Hall–Kier alpha value is -1.58. The lowest BCUT2D eigenvalue weighted by Crippen LogP contribution is -2.46. The van der Waals surface area contributed by atoms with E-state index in [-0.39, 0.29) is 25.5 Å². The van der Waals surface area contributed by atoms with Gasteiger partial charge in [-0.05, 0) is 31.0 Å². The monoisotopic (exact) mass is 347 g/mol. The molecule has 1 heterocycles. The van der Waals surface area contributed by atoms with Crippen LogP contribution in [0, 0.1) is 17.6 Å². The van der Waals surface area contributed by atoms with Crippen molar-refractivity contribution in [3.8, 4) is 0 Å². The summed E-state index contributed by atoms with van der Waals surface area (Å²) in [6.07, 6.45) is 1.00. The van der Waals surface area contributed by atoms with Crippen LogP contribution in [0.5, 0.6) is 0 Å². The average molecular weight is 347 g/mol. The molecule has 1 aliphatic rings. The van der Waals surface area contributed by atoms with Crippen LogP contribution >= 0.6 is 0 Å². The van der Waals surface area contributed by atoms with Gasteiger partial charge < -0.3 is 11.1 Å². The Morgan fingerprint density at radius 3 is 2.83 bits per heavy atom. The molecule has 1 amide bonds. The molecule has 128 valence electrons. The van der Waals surface area contributed by atoms with Crippen LogP contribution in [0.15, 0.2) is 23.1 Å². The second-order valence-corrected chi connectivity index (χ2v) is 7.26. The van der Waals surface area contributed by atoms with Crippen LogP contribution in [0.1, 0.15) is 12.8 Å². The number of hydrogen-bond acceptors (Lipinski definition) is 4. The number of rotatable bonds is 5. The molecule has 1 aromatic rings. The van der Waals surface area contributed by atoms with Crippen LogP contribution in [0.2, 0.25) is 0 Å². The van der Waals surface area contributed by atoms with E-state index in [9.17, 15) is 22.0 Å². The fourth-order valence-corrected chi connectivity index (χ4v) is 4.13. The van der Waals surface area contributed by atoms with Gasteiger partial charge in [-0.2, -0.15) is 4.31 Å². The molecule has 0 saturated carbocycles. The van der Waals surface area contributed by atoms with Gasteiger partial charge in [0, 0.05) is 26.2 Å². The number of nitrogens with zero attached hydrogens (tertiary/aromatic N) is 1. The molecular formula is C14H19F2N3O3S. The van der Waals surface area contributed by atoms with Gasteiger partial charge in [-0.25, -0.2) is 17.2 Å². The maximum absolute atomic E-state index is 13.8. The molecular weight excluding hydrogens is 328 g/mol. The maximum Gasteiger partial charge on any atom is 0.246 e. The first-order valence-corrected chi connectivity index (χ1v) is 8.73. The van der Waals surface area contributed by atoms with Crippen LogP contribution in [0.4, 0.5) is 8.78 Å². The van der Waals surface area contributed by atoms with Gasteiger partial charge in [-0.3, -0.25) is 4.79 Å². The van der Waals surface area contributed by atoms with E-state index in [1.807, 2.05) is 0 Å². The predicted octanol–water partition coefficient (Wildman–Crippen LogP) is 0.440. The summed E-state index contributed by atoms with van der Waals surface area (Å²) in [5, 5.41) is 2.61. The molecule has 0 aromatic heterocycles. The Bertz CT molecular complexity index is 682. The lowest BCUT2D eigenvalue weighted by Gasteiger charge is -2.31. The number of amides is 1. The molecule has 0 radical (unpaired) electrons. The minimum Gasteiger partial charge on any atom is -0.355 e. The van der Waals surface area contributed by atoms with Crippen molar-refractivity contribution in [2.45, 2.75) is 17.7 Å². The molecule has 2 rings (SSSR count). The van der Waals surface area contributed by atoms with Crippen LogP contribution in [-0.2, 0) is 14.8 Å². The van der Waals surface area contributed by atoms with Crippen molar-refractivity contribution in [1.82, 2.24) is 9.62 Å². The summed E-state index contributed by atoms with van der Waals surface area (Å²) in [4.78, 5) is 11.3. The second kappa shape index (κ2) is 7.33. The summed E-state index contributed by atoms with van der Waals surface area (Å²) in [6, 6.07) is 2.29. The molecule has 3 N–H and O–H groups in total. The van der Waals surface area contributed by atoms with E-state index in [0.29, 0.717) is 25.5 Å². The van der Waals surface area contributed by atoms with Crippen LogP contribution in [0.25, 0.3) is 0 Å². The van der Waals surface area contributed by atoms with Gasteiger partial charge in [0.15, 0.2) is 0 Å². The third-order valence-electron chi connectivity index (χ3n) is 3.71. The lowest BCUT2D eigenvalue weighted by molar-refractivity contribution is -0.126. The first kappa shape index (κ1) is 17.8. The van der Waals surface area contributed by atoms with Crippen LogP contribution < -0.4 is 11.1 Å². The number of sulfonamides is 1. The number of nitrogens with one attached hydrogen (secondary N) is 1. The fourth-order valence-electron chi connectivity index (χ4n) is 2.53. The molecule has 23 heavy (non-hydrogen) atoms. The van der Waals surface area contributed by atoms with Gasteiger partial charge in [0.25, 0.3) is 0 Å². The first-order chi connectivity index (χ1) is 10.9. The SMILES string of the molecule is NCCNC(=O)C1CCCN(S(=O)(=O)c2cc(F)ccc2F)C1. The number of halogens is 2. The predicted molar refractivity (Wildman–Crippen MR) is 79.9 cm³/mol. The molecule has 0 aliphatic carbocycles. The molecule has 1 unspecified atom stereocenters. The smallest absolute Gasteiger partial charge is 0.246 e. The van der Waals surface area contributed by atoms with Crippen LogP contribution in [-0.4, -0.2) is 44.8 Å². The standard InChI is InChI=1S/C14H19F2N3O3S/c15-11-3-4-12(16)13(8-11)23(21,22)19-7-1-2-10(9-19)14(20)18-6-5-17/h3-4,8,10H,1-2,5-7,9,17H2,(H,18,20). The zero-order chi connectivity index (χ0) is 17.0. The summed E-state index contributed by atoms with van der Waals surface area (Å²) >= 11 is 0. The number of hydrogen-bond donors (Lipinski definition) is 2. The molecule has 1 saturated heterocycles. The van der Waals surface area contributed by atoms with Gasteiger partial charge in [-0.15, -0.1) is 0 Å². The molecule has 0 spiro atoms. The number of carbonyl (C=O) groups excluding carboxylic acids is 1. The van der Waals surface area contributed by atoms with Gasteiger partial charge in [0.2, 0.25) is 15.9 Å².